The molecule has 1 amide bonds. The van der Waals surface area contributed by atoms with E-state index in [-0.39, 0.29) is 5.91 Å². The third-order valence-electron chi connectivity index (χ3n) is 5.51. The van der Waals surface area contributed by atoms with Gasteiger partial charge in [-0.15, -0.1) is 0 Å². The number of carbonyl (C=O) groups is 1. The standard InChI is InChI=1S/C18H29N3O2/c1-14-5-3-4-9-20(14)10-6-16-7-11-21(12-8-16)18(22)17-13-15(2)23-19-17/h13-14,16H,3-12H2,1-2H3. The van der Waals surface area contributed by atoms with E-state index in [1.165, 1.54) is 38.8 Å². The highest BCUT2D eigenvalue weighted by Gasteiger charge is 2.26. The molecule has 0 saturated carbocycles. The van der Waals surface area contributed by atoms with Gasteiger partial charge in [0.2, 0.25) is 0 Å². The number of carbonyl (C=O) groups excluding carboxylic acids is 1. The molecule has 5 heteroatoms. The van der Waals surface area contributed by atoms with Gasteiger partial charge in [0, 0.05) is 25.2 Å². The van der Waals surface area contributed by atoms with Gasteiger partial charge < -0.3 is 14.3 Å². The van der Waals surface area contributed by atoms with Crippen LogP contribution < -0.4 is 0 Å². The van der Waals surface area contributed by atoms with E-state index in [4.69, 9.17) is 4.52 Å². The van der Waals surface area contributed by atoms with Crippen molar-refractivity contribution < 1.29 is 9.32 Å². The average molecular weight is 319 g/mol. The van der Waals surface area contributed by atoms with Crippen molar-refractivity contribution in [1.29, 1.82) is 0 Å². The number of rotatable bonds is 4. The molecule has 2 aliphatic heterocycles. The molecule has 5 nitrogen and oxygen atoms in total. The minimum absolute atomic E-state index is 0.0185. The Bertz CT molecular complexity index is 520. The van der Waals surface area contributed by atoms with E-state index in [0.29, 0.717) is 11.5 Å². The zero-order chi connectivity index (χ0) is 16.2. The Morgan fingerprint density at radius 2 is 2.04 bits per heavy atom. The van der Waals surface area contributed by atoms with Gasteiger partial charge in [-0.1, -0.05) is 11.6 Å². The Hall–Kier alpha value is -1.36. The number of amides is 1. The monoisotopic (exact) mass is 319 g/mol. The predicted octanol–water partition coefficient (Wildman–Crippen LogP) is 3.10. The summed E-state index contributed by atoms with van der Waals surface area (Å²) in [4.78, 5) is 16.9. The third-order valence-corrected chi connectivity index (χ3v) is 5.51. The van der Waals surface area contributed by atoms with Crippen LogP contribution in [0.15, 0.2) is 10.6 Å². The van der Waals surface area contributed by atoms with Gasteiger partial charge in [0.15, 0.2) is 5.69 Å². The molecule has 0 spiro atoms. The summed E-state index contributed by atoms with van der Waals surface area (Å²) in [6.45, 7) is 8.38. The van der Waals surface area contributed by atoms with Gasteiger partial charge >= 0.3 is 0 Å². The van der Waals surface area contributed by atoms with Crippen molar-refractivity contribution in [1.82, 2.24) is 15.0 Å². The molecule has 0 aliphatic carbocycles. The van der Waals surface area contributed by atoms with Crippen LogP contribution in [0.1, 0.15) is 61.7 Å². The van der Waals surface area contributed by atoms with Gasteiger partial charge in [0.25, 0.3) is 5.91 Å². The van der Waals surface area contributed by atoms with Gasteiger partial charge in [0.05, 0.1) is 0 Å². The number of nitrogens with zero attached hydrogens (tertiary/aromatic N) is 3. The van der Waals surface area contributed by atoms with Crippen LogP contribution in [0.25, 0.3) is 0 Å². The molecule has 23 heavy (non-hydrogen) atoms. The van der Waals surface area contributed by atoms with Crippen LogP contribution in [-0.2, 0) is 0 Å². The summed E-state index contributed by atoms with van der Waals surface area (Å²) in [5.41, 5.74) is 0.447. The van der Waals surface area contributed by atoms with Crippen LogP contribution >= 0.6 is 0 Å². The van der Waals surface area contributed by atoms with Crippen LogP contribution in [0.2, 0.25) is 0 Å². The van der Waals surface area contributed by atoms with Gasteiger partial charge in [-0.3, -0.25) is 4.79 Å². The van der Waals surface area contributed by atoms with Gasteiger partial charge in [-0.25, -0.2) is 0 Å². The summed E-state index contributed by atoms with van der Waals surface area (Å²) in [5, 5.41) is 3.84. The summed E-state index contributed by atoms with van der Waals surface area (Å²) in [7, 11) is 0. The second kappa shape index (κ2) is 7.47. The maximum atomic E-state index is 12.4. The van der Waals surface area contributed by atoms with Crippen LogP contribution in [0.3, 0.4) is 0 Å². The van der Waals surface area contributed by atoms with Crippen molar-refractivity contribution in [3.8, 4) is 0 Å². The lowest BCUT2D eigenvalue weighted by molar-refractivity contribution is 0.0663. The molecule has 3 heterocycles. The second-order valence-corrected chi connectivity index (χ2v) is 7.23. The minimum Gasteiger partial charge on any atom is -0.361 e. The number of hydrogen-bond donors (Lipinski definition) is 0. The highest BCUT2D eigenvalue weighted by molar-refractivity contribution is 5.92. The molecule has 1 unspecified atom stereocenters. The average Bonchev–Trinajstić information content (AvgIpc) is 3.00. The summed E-state index contributed by atoms with van der Waals surface area (Å²) in [5.74, 6) is 1.47. The summed E-state index contributed by atoms with van der Waals surface area (Å²) in [6.07, 6.45) is 7.60. The first-order chi connectivity index (χ1) is 11.1. The quantitative estimate of drug-likeness (QED) is 0.855. The van der Waals surface area contributed by atoms with E-state index < -0.39 is 0 Å². The van der Waals surface area contributed by atoms with Crippen LogP contribution in [-0.4, -0.2) is 53.1 Å². The Kier molecular flexibility index (Phi) is 5.36. The SMILES string of the molecule is Cc1cc(C(=O)N2CCC(CCN3CCCCC3C)CC2)no1. The Labute approximate surface area is 139 Å². The van der Waals surface area contributed by atoms with Crippen molar-refractivity contribution in [2.45, 2.75) is 58.4 Å². The first-order valence-corrected chi connectivity index (χ1v) is 9.10. The van der Waals surface area contributed by atoms with Crippen LogP contribution in [0.5, 0.6) is 0 Å². The van der Waals surface area contributed by atoms with E-state index in [1.54, 1.807) is 6.07 Å². The van der Waals surface area contributed by atoms with E-state index in [2.05, 4.69) is 17.0 Å². The molecule has 0 bridgehead atoms. The number of hydrogen-bond acceptors (Lipinski definition) is 4. The van der Waals surface area contributed by atoms with Crippen LogP contribution in [0.4, 0.5) is 0 Å². The van der Waals surface area contributed by atoms with E-state index >= 15 is 0 Å². The lowest BCUT2D eigenvalue weighted by Gasteiger charge is -2.36. The number of aromatic nitrogens is 1. The fourth-order valence-corrected chi connectivity index (χ4v) is 3.89. The van der Waals surface area contributed by atoms with E-state index in [1.807, 2.05) is 11.8 Å². The molecule has 1 atom stereocenters. The van der Waals surface area contributed by atoms with E-state index in [0.717, 1.165) is 37.9 Å². The molecule has 0 N–H and O–H groups in total. The molecular weight excluding hydrogens is 290 g/mol. The summed E-state index contributed by atoms with van der Waals surface area (Å²) >= 11 is 0. The Balaban J connectivity index is 1.42. The van der Waals surface area contributed by atoms with Crippen molar-refractivity contribution in [2.75, 3.05) is 26.2 Å². The van der Waals surface area contributed by atoms with Crippen molar-refractivity contribution in [3.63, 3.8) is 0 Å². The molecule has 128 valence electrons. The maximum absolute atomic E-state index is 12.4. The minimum atomic E-state index is 0.0185. The smallest absolute Gasteiger partial charge is 0.276 e. The van der Waals surface area contributed by atoms with Gasteiger partial charge in [-0.2, -0.15) is 0 Å². The lowest BCUT2D eigenvalue weighted by atomic mass is 9.92. The molecular formula is C18H29N3O2. The van der Waals surface area contributed by atoms with E-state index in [9.17, 15) is 4.79 Å². The summed E-state index contributed by atoms with van der Waals surface area (Å²) in [6, 6.07) is 2.48. The third kappa shape index (κ3) is 4.14. The number of likely N-dealkylation sites (tertiary alicyclic amines) is 2. The second-order valence-electron chi connectivity index (χ2n) is 7.23. The first kappa shape index (κ1) is 16.5. The molecule has 0 aromatic carbocycles. The zero-order valence-corrected chi connectivity index (χ0v) is 14.5. The molecule has 1 aromatic rings. The first-order valence-electron chi connectivity index (χ1n) is 9.10. The highest BCUT2D eigenvalue weighted by Crippen LogP contribution is 2.24. The normalized spacial score (nSPS) is 24.1. The largest absolute Gasteiger partial charge is 0.361 e. The van der Waals surface area contributed by atoms with Crippen molar-refractivity contribution in [3.05, 3.63) is 17.5 Å². The molecule has 0 radical (unpaired) electrons. The molecule has 2 aliphatic rings. The number of piperidine rings is 2. The van der Waals surface area contributed by atoms with Gasteiger partial charge in [0.1, 0.15) is 5.76 Å². The van der Waals surface area contributed by atoms with Gasteiger partial charge in [-0.05, 0) is 65.0 Å². The molecule has 3 rings (SSSR count). The molecule has 2 fully saturated rings. The van der Waals surface area contributed by atoms with Crippen molar-refractivity contribution in [2.24, 2.45) is 5.92 Å². The fourth-order valence-electron chi connectivity index (χ4n) is 3.89. The summed E-state index contributed by atoms with van der Waals surface area (Å²) < 4.78 is 5.01. The maximum Gasteiger partial charge on any atom is 0.276 e. The predicted molar refractivity (Wildman–Crippen MR) is 89.4 cm³/mol. The Morgan fingerprint density at radius 3 is 2.70 bits per heavy atom. The Morgan fingerprint density at radius 1 is 1.26 bits per heavy atom. The van der Waals surface area contributed by atoms with Crippen LogP contribution in [0, 0.1) is 12.8 Å². The fraction of sp³-hybridized carbons (Fsp3) is 0.778. The molecule has 1 aromatic heterocycles. The van der Waals surface area contributed by atoms with Crippen molar-refractivity contribution >= 4 is 5.91 Å². The highest BCUT2D eigenvalue weighted by atomic mass is 16.5. The zero-order valence-electron chi connectivity index (χ0n) is 14.5. The topological polar surface area (TPSA) is 49.6 Å². The number of aryl methyl sites for hydroxylation is 1. The molecule has 2 saturated heterocycles. The lowest BCUT2D eigenvalue weighted by Crippen LogP contribution is -2.41.